The van der Waals surface area contributed by atoms with E-state index in [9.17, 15) is 9.59 Å². The van der Waals surface area contributed by atoms with Crippen molar-refractivity contribution in [3.8, 4) is 0 Å². The lowest BCUT2D eigenvalue weighted by atomic mass is 10.2. The molecule has 18 heavy (non-hydrogen) atoms. The van der Waals surface area contributed by atoms with Crippen LogP contribution >= 0.6 is 0 Å². The van der Waals surface area contributed by atoms with Crippen LogP contribution < -0.4 is 0 Å². The summed E-state index contributed by atoms with van der Waals surface area (Å²) in [5.41, 5.74) is 0.566. The molecule has 1 N–H and O–H groups in total. The fourth-order valence-electron chi connectivity index (χ4n) is 1.91. The third-order valence-corrected chi connectivity index (χ3v) is 2.99. The number of hydrogen-bond donors (Lipinski definition) is 1. The highest BCUT2D eigenvalue weighted by molar-refractivity contribution is 5.93. The first kappa shape index (κ1) is 12.6. The number of ether oxygens (including phenoxy) is 1. The van der Waals surface area contributed by atoms with Crippen LogP contribution in [0.15, 0.2) is 12.4 Å². The molecule has 0 atom stereocenters. The van der Waals surface area contributed by atoms with Crippen molar-refractivity contribution >= 4 is 11.9 Å². The molecule has 0 aromatic carbocycles. The number of H-pyrrole nitrogens is 1. The Morgan fingerprint density at radius 1 is 1.39 bits per heavy atom. The standard InChI is InChI=1S/C11H16N4O3/c1-18-10(16)8-14-2-4-15(5-3-14)11(17)9-6-12-13-7-9/h6-7H,2-5,8H2,1H3,(H,12,13). The van der Waals surface area contributed by atoms with E-state index in [0.717, 1.165) is 0 Å². The molecule has 1 saturated heterocycles. The third kappa shape index (κ3) is 2.86. The summed E-state index contributed by atoms with van der Waals surface area (Å²) in [5, 5.41) is 6.38. The first-order valence-electron chi connectivity index (χ1n) is 5.78. The van der Waals surface area contributed by atoms with Crippen molar-refractivity contribution in [1.82, 2.24) is 20.0 Å². The zero-order valence-corrected chi connectivity index (χ0v) is 10.3. The number of carbonyl (C=O) groups is 2. The van der Waals surface area contributed by atoms with E-state index in [2.05, 4.69) is 14.9 Å². The van der Waals surface area contributed by atoms with Gasteiger partial charge in [0.15, 0.2) is 0 Å². The van der Waals surface area contributed by atoms with E-state index in [1.54, 1.807) is 11.1 Å². The van der Waals surface area contributed by atoms with Crippen molar-refractivity contribution in [2.75, 3.05) is 39.8 Å². The van der Waals surface area contributed by atoms with E-state index < -0.39 is 0 Å². The third-order valence-electron chi connectivity index (χ3n) is 2.99. The van der Waals surface area contributed by atoms with Crippen LogP contribution in [-0.2, 0) is 9.53 Å². The lowest BCUT2D eigenvalue weighted by molar-refractivity contribution is -0.142. The van der Waals surface area contributed by atoms with E-state index in [1.165, 1.54) is 13.3 Å². The molecule has 0 saturated carbocycles. The maximum atomic E-state index is 12.0. The molecule has 2 rings (SSSR count). The number of hydrogen-bond acceptors (Lipinski definition) is 5. The fraction of sp³-hybridized carbons (Fsp3) is 0.545. The van der Waals surface area contributed by atoms with Crippen LogP contribution in [-0.4, -0.2) is 71.7 Å². The van der Waals surface area contributed by atoms with E-state index in [0.29, 0.717) is 31.7 Å². The number of nitrogens with zero attached hydrogens (tertiary/aromatic N) is 3. The highest BCUT2D eigenvalue weighted by atomic mass is 16.5. The predicted octanol–water partition coefficient (Wildman–Crippen LogP) is -0.659. The number of carbonyl (C=O) groups excluding carboxylic acids is 2. The van der Waals surface area contributed by atoms with E-state index >= 15 is 0 Å². The molecule has 7 nitrogen and oxygen atoms in total. The van der Waals surface area contributed by atoms with Crippen LogP contribution in [0.4, 0.5) is 0 Å². The topological polar surface area (TPSA) is 78.5 Å². The monoisotopic (exact) mass is 252 g/mol. The Morgan fingerprint density at radius 3 is 2.67 bits per heavy atom. The Balaban J connectivity index is 1.83. The van der Waals surface area contributed by atoms with Gasteiger partial charge in [-0.2, -0.15) is 5.10 Å². The van der Waals surface area contributed by atoms with Gasteiger partial charge in [0.2, 0.25) is 0 Å². The minimum atomic E-state index is -0.246. The Hall–Kier alpha value is -1.89. The van der Waals surface area contributed by atoms with Gasteiger partial charge in [0.25, 0.3) is 5.91 Å². The van der Waals surface area contributed by atoms with Crippen LogP contribution in [0.25, 0.3) is 0 Å². The summed E-state index contributed by atoms with van der Waals surface area (Å²) in [4.78, 5) is 26.9. The highest BCUT2D eigenvalue weighted by Gasteiger charge is 2.23. The van der Waals surface area contributed by atoms with Gasteiger partial charge in [0, 0.05) is 32.4 Å². The average Bonchev–Trinajstić information content (AvgIpc) is 2.92. The fourth-order valence-corrected chi connectivity index (χ4v) is 1.91. The van der Waals surface area contributed by atoms with Crippen LogP contribution in [0.5, 0.6) is 0 Å². The molecule has 98 valence electrons. The van der Waals surface area contributed by atoms with Gasteiger partial charge in [-0.15, -0.1) is 0 Å². The molecule has 1 aromatic heterocycles. The van der Waals surface area contributed by atoms with Crippen molar-refractivity contribution in [3.05, 3.63) is 18.0 Å². The number of aromatic amines is 1. The minimum absolute atomic E-state index is 0.0264. The van der Waals surface area contributed by atoms with Gasteiger partial charge in [-0.25, -0.2) is 0 Å². The summed E-state index contributed by atoms with van der Waals surface area (Å²) < 4.78 is 4.61. The van der Waals surface area contributed by atoms with Gasteiger partial charge in [-0.1, -0.05) is 0 Å². The molecule has 1 aliphatic rings. The summed E-state index contributed by atoms with van der Waals surface area (Å²) >= 11 is 0. The van der Waals surface area contributed by atoms with Gasteiger partial charge < -0.3 is 9.64 Å². The second-order valence-electron chi connectivity index (χ2n) is 4.13. The molecule has 0 bridgehead atoms. The molecule has 0 radical (unpaired) electrons. The summed E-state index contributed by atoms with van der Waals surface area (Å²) in [5.74, 6) is -0.272. The van der Waals surface area contributed by atoms with Crippen LogP contribution in [0.3, 0.4) is 0 Å². The molecule has 2 heterocycles. The van der Waals surface area contributed by atoms with Gasteiger partial charge >= 0.3 is 5.97 Å². The summed E-state index contributed by atoms with van der Waals surface area (Å²) in [6, 6.07) is 0. The largest absolute Gasteiger partial charge is 0.468 e. The van der Waals surface area contributed by atoms with Crippen molar-refractivity contribution < 1.29 is 14.3 Å². The van der Waals surface area contributed by atoms with Crippen LogP contribution in [0.1, 0.15) is 10.4 Å². The zero-order valence-electron chi connectivity index (χ0n) is 10.3. The van der Waals surface area contributed by atoms with Crippen molar-refractivity contribution in [3.63, 3.8) is 0 Å². The Bertz CT molecular complexity index is 410. The van der Waals surface area contributed by atoms with E-state index in [1.807, 2.05) is 4.90 Å². The molecular formula is C11H16N4O3. The smallest absolute Gasteiger partial charge is 0.319 e. The number of esters is 1. The molecule has 1 aliphatic heterocycles. The van der Waals surface area contributed by atoms with Crippen molar-refractivity contribution in [1.29, 1.82) is 0 Å². The number of aromatic nitrogens is 2. The second kappa shape index (κ2) is 5.63. The quantitative estimate of drug-likeness (QED) is 0.723. The molecule has 0 spiro atoms. The van der Waals surface area contributed by atoms with E-state index in [4.69, 9.17) is 0 Å². The minimum Gasteiger partial charge on any atom is -0.468 e. The maximum Gasteiger partial charge on any atom is 0.319 e. The molecule has 7 heteroatoms. The van der Waals surface area contributed by atoms with Gasteiger partial charge in [0.05, 0.1) is 25.4 Å². The Labute approximate surface area is 105 Å². The molecule has 1 fully saturated rings. The van der Waals surface area contributed by atoms with Gasteiger partial charge in [-0.05, 0) is 0 Å². The zero-order chi connectivity index (χ0) is 13.0. The first-order chi connectivity index (χ1) is 8.70. The van der Waals surface area contributed by atoms with Gasteiger partial charge in [-0.3, -0.25) is 19.6 Å². The number of rotatable bonds is 3. The number of nitrogens with one attached hydrogen (secondary N) is 1. The molecule has 0 unspecified atom stereocenters. The molecule has 0 aliphatic carbocycles. The Morgan fingerprint density at radius 2 is 2.11 bits per heavy atom. The molecule has 1 amide bonds. The summed E-state index contributed by atoms with van der Waals surface area (Å²) in [6.45, 7) is 2.86. The van der Waals surface area contributed by atoms with Crippen molar-refractivity contribution in [2.45, 2.75) is 0 Å². The number of methoxy groups -OCH3 is 1. The normalized spacial score (nSPS) is 16.6. The van der Waals surface area contributed by atoms with Gasteiger partial charge in [0.1, 0.15) is 0 Å². The Kier molecular flexibility index (Phi) is 3.93. The lowest BCUT2D eigenvalue weighted by Crippen LogP contribution is -2.50. The van der Waals surface area contributed by atoms with Crippen LogP contribution in [0.2, 0.25) is 0 Å². The predicted molar refractivity (Wildman–Crippen MR) is 62.9 cm³/mol. The number of amides is 1. The van der Waals surface area contributed by atoms with Crippen molar-refractivity contribution in [2.24, 2.45) is 0 Å². The number of piperazine rings is 1. The maximum absolute atomic E-state index is 12.0. The highest BCUT2D eigenvalue weighted by Crippen LogP contribution is 2.07. The molecular weight excluding hydrogens is 236 g/mol. The molecule has 1 aromatic rings. The average molecular weight is 252 g/mol. The van der Waals surface area contributed by atoms with E-state index in [-0.39, 0.29) is 18.4 Å². The SMILES string of the molecule is COC(=O)CN1CCN(C(=O)c2cn[nH]c2)CC1. The summed E-state index contributed by atoms with van der Waals surface area (Å²) in [7, 11) is 1.38. The first-order valence-corrected chi connectivity index (χ1v) is 5.78. The van der Waals surface area contributed by atoms with Crippen LogP contribution in [0, 0.1) is 0 Å². The lowest BCUT2D eigenvalue weighted by Gasteiger charge is -2.33. The summed E-state index contributed by atoms with van der Waals surface area (Å²) in [6.07, 6.45) is 3.10. The second-order valence-corrected chi connectivity index (χ2v) is 4.13.